The van der Waals surface area contributed by atoms with Gasteiger partial charge >= 0.3 is 0 Å². The molecule has 1 aromatic heterocycles. The van der Waals surface area contributed by atoms with E-state index in [2.05, 4.69) is 43.0 Å². The lowest BCUT2D eigenvalue weighted by molar-refractivity contribution is 0.568. The summed E-state index contributed by atoms with van der Waals surface area (Å²) in [5.74, 6) is 1.03. The number of aromatic nitrogens is 2. The molecule has 0 radical (unpaired) electrons. The third-order valence-electron chi connectivity index (χ3n) is 2.16. The molecule has 0 amide bonds. The van der Waals surface area contributed by atoms with Gasteiger partial charge in [-0.3, -0.25) is 0 Å². The molecule has 3 nitrogen and oxygen atoms in total. The number of H-pyrrole nitrogens is 1. The zero-order valence-electron chi connectivity index (χ0n) is 9.65. The van der Waals surface area contributed by atoms with E-state index in [1.54, 1.807) is 0 Å². The Hall–Kier alpha value is -0.830. The van der Waals surface area contributed by atoms with Crippen LogP contribution in [0.2, 0.25) is 0 Å². The highest BCUT2D eigenvalue weighted by molar-refractivity contribution is 5.11. The van der Waals surface area contributed by atoms with Crippen LogP contribution in [0.15, 0.2) is 6.20 Å². The molecule has 0 atom stereocenters. The van der Waals surface area contributed by atoms with E-state index >= 15 is 0 Å². The Morgan fingerprint density at radius 1 is 1.43 bits per heavy atom. The van der Waals surface area contributed by atoms with Gasteiger partial charge in [-0.25, -0.2) is 4.98 Å². The van der Waals surface area contributed by atoms with E-state index in [9.17, 15) is 0 Å². The number of aromatic amines is 1. The first-order valence-electron chi connectivity index (χ1n) is 5.29. The largest absolute Gasteiger partial charge is 0.344 e. The number of nitrogens with one attached hydrogen (secondary N) is 2. The van der Waals surface area contributed by atoms with Crippen LogP contribution in [0.4, 0.5) is 0 Å². The lowest BCUT2D eigenvalue weighted by atomic mass is 9.93. The average molecular weight is 195 g/mol. The standard InChI is InChI=1S/C11H21N3/c1-5-6-12-8-10-13-7-9(14-10)11(2,3)4/h7,12H,5-6,8H2,1-4H3,(H,13,14). The second kappa shape index (κ2) is 4.60. The number of hydrogen-bond donors (Lipinski definition) is 2. The monoisotopic (exact) mass is 195 g/mol. The summed E-state index contributed by atoms with van der Waals surface area (Å²) in [6.45, 7) is 10.6. The van der Waals surface area contributed by atoms with Crippen LogP contribution in [-0.4, -0.2) is 16.5 Å². The number of imidazole rings is 1. The molecule has 0 spiro atoms. The van der Waals surface area contributed by atoms with E-state index in [1.165, 1.54) is 5.69 Å². The van der Waals surface area contributed by atoms with Crippen molar-refractivity contribution in [3.8, 4) is 0 Å². The molecular formula is C11H21N3. The Bertz CT molecular complexity index is 270. The van der Waals surface area contributed by atoms with Crippen LogP contribution >= 0.6 is 0 Å². The second-order valence-electron chi connectivity index (χ2n) is 4.67. The molecule has 0 aliphatic rings. The molecule has 1 aromatic rings. The molecule has 0 aromatic carbocycles. The summed E-state index contributed by atoms with van der Waals surface area (Å²) in [7, 11) is 0. The average Bonchev–Trinajstić information content (AvgIpc) is 2.52. The topological polar surface area (TPSA) is 40.7 Å². The molecule has 0 saturated carbocycles. The maximum absolute atomic E-state index is 4.34. The number of nitrogens with zero attached hydrogens (tertiary/aromatic N) is 1. The molecule has 0 aliphatic carbocycles. The van der Waals surface area contributed by atoms with Gasteiger partial charge in [-0.1, -0.05) is 27.7 Å². The lowest BCUT2D eigenvalue weighted by Crippen LogP contribution is -2.16. The third-order valence-corrected chi connectivity index (χ3v) is 2.16. The molecule has 3 heteroatoms. The summed E-state index contributed by atoms with van der Waals surface area (Å²) in [6, 6.07) is 0. The van der Waals surface area contributed by atoms with Gasteiger partial charge in [-0.05, 0) is 13.0 Å². The zero-order chi connectivity index (χ0) is 10.6. The van der Waals surface area contributed by atoms with E-state index in [1.807, 2.05) is 6.20 Å². The van der Waals surface area contributed by atoms with E-state index in [4.69, 9.17) is 0 Å². The number of hydrogen-bond acceptors (Lipinski definition) is 2. The van der Waals surface area contributed by atoms with Crippen LogP contribution in [0.1, 0.15) is 45.6 Å². The normalized spacial score (nSPS) is 12.0. The molecule has 80 valence electrons. The van der Waals surface area contributed by atoms with Gasteiger partial charge in [-0.2, -0.15) is 0 Å². The molecular weight excluding hydrogens is 174 g/mol. The lowest BCUT2D eigenvalue weighted by Gasteiger charge is -2.15. The second-order valence-corrected chi connectivity index (χ2v) is 4.67. The van der Waals surface area contributed by atoms with Gasteiger partial charge in [0, 0.05) is 17.3 Å². The maximum Gasteiger partial charge on any atom is 0.120 e. The Balaban J connectivity index is 2.51. The van der Waals surface area contributed by atoms with E-state index in [-0.39, 0.29) is 5.41 Å². The van der Waals surface area contributed by atoms with E-state index in [0.29, 0.717) is 0 Å². The fraction of sp³-hybridized carbons (Fsp3) is 0.727. The Kier molecular flexibility index (Phi) is 3.69. The Labute approximate surface area is 86.3 Å². The highest BCUT2D eigenvalue weighted by Crippen LogP contribution is 2.19. The predicted molar refractivity (Wildman–Crippen MR) is 59.3 cm³/mol. The highest BCUT2D eigenvalue weighted by atomic mass is 15.0. The molecule has 0 aliphatic heterocycles. The summed E-state index contributed by atoms with van der Waals surface area (Å²) >= 11 is 0. The first-order valence-corrected chi connectivity index (χ1v) is 5.29. The molecule has 1 heterocycles. The summed E-state index contributed by atoms with van der Waals surface area (Å²) in [6.07, 6.45) is 3.09. The Morgan fingerprint density at radius 2 is 2.14 bits per heavy atom. The van der Waals surface area contributed by atoms with Crippen molar-refractivity contribution in [2.45, 2.75) is 46.1 Å². The Morgan fingerprint density at radius 3 is 2.64 bits per heavy atom. The minimum atomic E-state index is 0.163. The van der Waals surface area contributed by atoms with Crippen molar-refractivity contribution < 1.29 is 0 Å². The van der Waals surface area contributed by atoms with Crippen LogP contribution in [0.25, 0.3) is 0 Å². The first-order chi connectivity index (χ1) is 6.54. The van der Waals surface area contributed by atoms with Crippen molar-refractivity contribution in [1.29, 1.82) is 0 Å². The zero-order valence-corrected chi connectivity index (χ0v) is 9.65. The molecule has 0 fully saturated rings. The first kappa shape index (κ1) is 11.2. The van der Waals surface area contributed by atoms with Gasteiger partial charge in [0.2, 0.25) is 0 Å². The van der Waals surface area contributed by atoms with Gasteiger partial charge in [0.25, 0.3) is 0 Å². The molecule has 0 bridgehead atoms. The van der Waals surface area contributed by atoms with Crippen LogP contribution < -0.4 is 5.32 Å². The van der Waals surface area contributed by atoms with Gasteiger partial charge in [-0.15, -0.1) is 0 Å². The third kappa shape index (κ3) is 3.14. The summed E-state index contributed by atoms with van der Waals surface area (Å²) in [5.41, 5.74) is 1.36. The van der Waals surface area contributed by atoms with Gasteiger partial charge in [0.15, 0.2) is 0 Å². The molecule has 0 unspecified atom stereocenters. The minimum Gasteiger partial charge on any atom is -0.344 e. The minimum absolute atomic E-state index is 0.163. The summed E-state index contributed by atoms with van der Waals surface area (Å²) in [4.78, 5) is 7.67. The van der Waals surface area contributed by atoms with Crippen molar-refractivity contribution in [2.24, 2.45) is 0 Å². The highest BCUT2D eigenvalue weighted by Gasteiger charge is 2.15. The van der Waals surface area contributed by atoms with Crippen molar-refractivity contribution in [3.63, 3.8) is 0 Å². The van der Waals surface area contributed by atoms with E-state index in [0.717, 1.165) is 25.3 Å². The summed E-state index contributed by atoms with van der Waals surface area (Å²) < 4.78 is 0. The maximum atomic E-state index is 4.34. The molecule has 2 N–H and O–H groups in total. The fourth-order valence-electron chi connectivity index (χ4n) is 1.22. The SMILES string of the molecule is CCCNCc1ncc(C(C)(C)C)[nH]1. The molecule has 1 rings (SSSR count). The van der Waals surface area contributed by atoms with Crippen molar-refractivity contribution >= 4 is 0 Å². The molecule has 0 saturated heterocycles. The van der Waals surface area contributed by atoms with Gasteiger partial charge < -0.3 is 10.3 Å². The van der Waals surface area contributed by atoms with Crippen LogP contribution in [-0.2, 0) is 12.0 Å². The van der Waals surface area contributed by atoms with E-state index < -0.39 is 0 Å². The fourth-order valence-corrected chi connectivity index (χ4v) is 1.22. The van der Waals surface area contributed by atoms with Crippen molar-refractivity contribution in [2.75, 3.05) is 6.54 Å². The smallest absolute Gasteiger partial charge is 0.120 e. The molecule has 14 heavy (non-hydrogen) atoms. The summed E-state index contributed by atoms with van der Waals surface area (Å²) in [5, 5.41) is 3.32. The van der Waals surface area contributed by atoms with Crippen molar-refractivity contribution in [3.05, 3.63) is 17.7 Å². The van der Waals surface area contributed by atoms with Gasteiger partial charge in [0.05, 0.1) is 6.54 Å². The van der Waals surface area contributed by atoms with Crippen LogP contribution in [0, 0.1) is 0 Å². The van der Waals surface area contributed by atoms with Crippen LogP contribution in [0.5, 0.6) is 0 Å². The van der Waals surface area contributed by atoms with Crippen molar-refractivity contribution in [1.82, 2.24) is 15.3 Å². The quantitative estimate of drug-likeness (QED) is 0.723. The van der Waals surface area contributed by atoms with Gasteiger partial charge in [0.1, 0.15) is 5.82 Å². The predicted octanol–water partition coefficient (Wildman–Crippen LogP) is 2.21. The number of rotatable bonds is 4. The van der Waals surface area contributed by atoms with Crippen LogP contribution in [0.3, 0.4) is 0 Å².